The first-order valence-corrected chi connectivity index (χ1v) is 7.11. The largest absolute Gasteiger partial charge is 0.490 e. The molecule has 0 rings (SSSR count). The van der Waals surface area contributed by atoms with Crippen LogP contribution in [0.3, 0.4) is 0 Å². The van der Waals surface area contributed by atoms with Crippen molar-refractivity contribution in [1.29, 1.82) is 0 Å². The van der Waals surface area contributed by atoms with Crippen LogP contribution < -0.4 is 16.4 Å². The second-order valence-corrected chi connectivity index (χ2v) is 5.21. The summed E-state index contributed by atoms with van der Waals surface area (Å²) in [6.07, 6.45) is -5.08. The van der Waals surface area contributed by atoms with Crippen molar-refractivity contribution in [3.8, 4) is 0 Å². The maximum atomic E-state index is 11.3. The number of alkyl halides is 3. The van der Waals surface area contributed by atoms with E-state index in [1.807, 2.05) is 0 Å². The van der Waals surface area contributed by atoms with E-state index in [-0.39, 0.29) is 11.7 Å². The van der Waals surface area contributed by atoms with Gasteiger partial charge in [0, 0.05) is 19.2 Å². The van der Waals surface area contributed by atoms with E-state index in [2.05, 4.69) is 10.6 Å². The average Bonchev–Trinajstić information content (AvgIpc) is 2.42. The van der Waals surface area contributed by atoms with Crippen LogP contribution in [0, 0.1) is 0 Å². The Balaban J connectivity index is 0. The molecule has 12 heteroatoms. The van der Waals surface area contributed by atoms with Crippen LogP contribution in [0.1, 0.15) is 13.8 Å². The van der Waals surface area contributed by atoms with E-state index in [1.165, 1.54) is 18.7 Å². The molecule has 0 aliphatic heterocycles. The van der Waals surface area contributed by atoms with E-state index >= 15 is 0 Å². The number of nitrogens with one attached hydrogen (secondary N) is 2. The van der Waals surface area contributed by atoms with Gasteiger partial charge in [0.05, 0.1) is 12.6 Å². The zero-order valence-corrected chi connectivity index (χ0v) is 13.2. The Morgan fingerprint density at radius 2 is 1.74 bits per heavy atom. The highest BCUT2D eigenvalue weighted by Crippen LogP contribution is 2.13. The molecule has 0 spiro atoms. The van der Waals surface area contributed by atoms with Gasteiger partial charge in [-0.3, -0.25) is 19.7 Å². The van der Waals surface area contributed by atoms with E-state index < -0.39 is 30.0 Å². The van der Waals surface area contributed by atoms with Crippen molar-refractivity contribution in [3.63, 3.8) is 0 Å². The lowest BCUT2D eigenvalue weighted by Gasteiger charge is -2.12. The molecule has 0 aliphatic carbocycles. The molecule has 0 unspecified atom stereocenters. The first-order valence-electron chi connectivity index (χ1n) is 6.12. The quantitative estimate of drug-likeness (QED) is 0.464. The lowest BCUT2D eigenvalue weighted by Crippen LogP contribution is -2.46. The normalized spacial score (nSPS) is 11.7. The molecule has 0 aromatic carbocycles. The van der Waals surface area contributed by atoms with Crippen LogP contribution in [0.2, 0.25) is 0 Å². The highest BCUT2D eigenvalue weighted by molar-refractivity contribution is 8.13. The minimum atomic E-state index is -5.08. The smallest absolute Gasteiger partial charge is 0.475 e. The van der Waals surface area contributed by atoms with Crippen molar-refractivity contribution in [1.82, 2.24) is 10.6 Å². The molecular weight excluding hydrogens is 343 g/mol. The zero-order chi connectivity index (χ0) is 18.6. The third-order valence-corrected chi connectivity index (χ3v) is 2.76. The van der Waals surface area contributed by atoms with Crippen molar-refractivity contribution in [3.05, 3.63) is 0 Å². The number of rotatable bonds is 6. The van der Waals surface area contributed by atoms with Gasteiger partial charge in [-0.1, -0.05) is 11.8 Å². The second kappa shape index (κ2) is 11.8. The number of imide groups is 1. The van der Waals surface area contributed by atoms with Crippen LogP contribution in [0.15, 0.2) is 0 Å². The van der Waals surface area contributed by atoms with Gasteiger partial charge in [0.2, 0.25) is 11.8 Å². The second-order valence-electron chi connectivity index (χ2n) is 3.94. The average molecular weight is 361 g/mol. The molecule has 0 saturated heterocycles. The zero-order valence-electron chi connectivity index (χ0n) is 12.4. The lowest BCUT2D eigenvalue weighted by atomic mass is 10.3. The molecule has 134 valence electrons. The highest BCUT2D eigenvalue weighted by atomic mass is 32.2. The number of carbonyl (C=O) groups excluding carboxylic acids is 3. The Hall–Kier alpha value is -1.66. The van der Waals surface area contributed by atoms with Gasteiger partial charge in [0.1, 0.15) is 0 Å². The molecular formula is C11H18F3N3O5S. The van der Waals surface area contributed by atoms with Crippen molar-refractivity contribution in [2.75, 3.05) is 18.8 Å². The molecule has 5 N–H and O–H groups in total. The lowest BCUT2D eigenvalue weighted by molar-refractivity contribution is -0.192. The van der Waals surface area contributed by atoms with Crippen LogP contribution in [0.25, 0.3) is 0 Å². The fraction of sp³-hybridized carbons (Fsp3) is 0.636. The van der Waals surface area contributed by atoms with E-state index in [0.29, 0.717) is 12.3 Å². The first-order chi connectivity index (χ1) is 10.4. The molecule has 0 heterocycles. The first kappa shape index (κ1) is 23.6. The number of carboxylic acids is 1. The standard InChI is InChI=1S/C9H17N3O3S.C2HF3O2/c1-6(9(15)12-8(14)5-10)11-3-4-16-7(2)13;3-2(4,5)1(6)7/h6,11H,3-5,10H2,1-2H3,(H,12,14,15);(H,6,7)/t6-;/m0./s1. The minimum absolute atomic E-state index is 0.0391. The number of amides is 2. The van der Waals surface area contributed by atoms with Crippen LogP contribution in [-0.2, 0) is 19.2 Å². The Morgan fingerprint density at radius 3 is 2.09 bits per heavy atom. The summed E-state index contributed by atoms with van der Waals surface area (Å²) in [6.45, 7) is 3.44. The van der Waals surface area contributed by atoms with Crippen molar-refractivity contribution in [2.45, 2.75) is 26.1 Å². The van der Waals surface area contributed by atoms with Gasteiger partial charge in [-0.25, -0.2) is 4.79 Å². The topological polar surface area (TPSA) is 139 Å². The van der Waals surface area contributed by atoms with Crippen molar-refractivity contribution < 1.29 is 37.5 Å². The van der Waals surface area contributed by atoms with E-state index in [0.717, 1.165) is 0 Å². The summed E-state index contributed by atoms with van der Waals surface area (Å²) in [4.78, 5) is 41.6. The number of nitrogens with two attached hydrogens (primary N) is 1. The van der Waals surface area contributed by atoms with Gasteiger partial charge in [0.25, 0.3) is 0 Å². The SMILES string of the molecule is CC(=O)SCCN[C@@H](C)C(=O)NC(=O)CN.O=C(O)C(F)(F)F. The van der Waals surface area contributed by atoms with Gasteiger partial charge < -0.3 is 16.2 Å². The molecule has 0 aromatic heterocycles. The summed E-state index contributed by atoms with van der Waals surface area (Å²) in [5.41, 5.74) is 5.05. The minimum Gasteiger partial charge on any atom is -0.475 e. The summed E-state index contributed by atoms with van der Waals surface area (Å²) < 4.78 is 31.7. The fourth-order valence-corrected chi connectivity index (χ4v) is 1.37. The monoisotopic (exact) mass is 361 g/mol. The third-order valence-electron chi connectivity index (χ3n) is 1.94. The molecule has 2 amide bonds. The number of thioether (sulfide) groups is 1. The molecule has 0 bridgehead atoms. The molecule has 0 aliphatic rings. The van der Waals surface area contributed by atoms with Gasteiger partial charge in [0.15, 0.2) is 5.12 Å². The molecule has 0 aromatic rings. The van der Waals surface area contributed by atoms with Crippen LogP contribution >= 0.6 is 11.8 Å². The molecule has 0 radical (unpaired) electrons. The van der Waals surface area contributed by atoms with E-state index in [9.17, 15) is 27.6 Å². The number of carboxylic acid groups (broad SMARTS) is 1. The maximum absolute atomic E-state index is 11.3. The Kier molecular flexibility index (Phi) is 12.2. The van der Waals surface area contributed by atoms with E-state index in [1.54, 1.807) is 6.92 Å². The Morgan fingerprint density at radius 1 is 1.26 bits per heavy atom. The third kappa shape index (κ3) is 15.0. The summed E-state index contributed by atoms with van der Waals surface area (Å²) in [6, 6.07) is -0.483. The van der Waals surface area contributed by atoms with Crippen molar-refractivity contribution >= 4 is 34.7 Å². The molecule has 0 saturated carbocycles. The molecule has 23 heavy (non-hydrogen) atoms. The van der Waals surface area contributed by atoms with Crippen LogP contribution in [-0.4, -0.2) is 59.1 Å². The molecule has 1 atom stereocenters. The van der Waals surface area contributed by atoms with Crippen LogP contribution in [0.4, 0.5) is 13.2 Å². The van der Waals surface area contributed by atoms with Crippen molar-refractivity contribution in [2.24, 2.45) is 5.73 Å². The van der Waals surface area contributed by atoms with Gasteiger partial charge >= 0.3 is 12.1 Å². The van der Waals surface area contributed by atoms with Gasteiger partial charge in [-0.15, -0.1) is 0 Å². The maximum Gasteiger partial charge on any atom is 0.490 e. The number of carbonyl (C=O) groups is 4. The Bertz CT molecular complexity index is 432. The number of aliphatic carboxylic acids is 1. The summed E-state index contributed by atoms with van der Waals surface area (Å²) >= 11 is 1.18. The van der Waals surface area contributed by atoms with Crippen LogP contribution in [0.5, 0.6) is 0 Å². The summed E-state index contributed by atoms with van der Waals surface area (Å²) in [7, 11) is 0. The molecule has 0 fully saturated rings. The number of hydrogen-bond donors (Lipinski definition) is 4. The predicted molar refractivity (Wildman–Crippen MR) is 76.5 cm³/mol. The summed E-state index contributed by atoms with van der Waals surface area (Å²) in [5.74, 6) is -3.08. The molecule has 8 nitrogen and oxygen atoms in total. The number of halogens is 3. The predicted octanol–water partition coefficient (Wildman–Crippen LogP) is -0.521. The fourth-order valence-electron chi connectivity index (χ4n) is 0.860. The summed E-state index contributed by atoms with van der Waals surface area (Å²) in [5, 5.41) is 12.2. The highest BCUT2D eigenvalue weighted by Gasteiger charge is 2.38. The van der Waals surface area contributed by atoms with Gasteiger partial charge in [-0.05, 0) is 6.92 Å². The Labute approximate surface area is 134 Å². The van der Waals surface area contributed by atoms with Gasteiger partial charge in [-0.2, -0.15) is 13.2 Å². The van der Waals surface area contributed by atoms with E-state index in [4.69, 9.17) is 15.6 Å². The number of hydrogen-bond acceptors (Lipinski definition) is 7.